The van der Waals surface area contributed by atoms with Crippen LogP contribution in [0.2, 0.25) is 0 Å². The van der Waals surface area contributed by atoms with Crippen molar-refractivity contribution in [3.05, 3.63) is 54.1 Å². The molecule has 1 heterocycles. The van der Waals surface area contributed by atoms with E-state index < -0.39 is 0 Å². The number of aromatic nitrogens is 2. The molecular formula is C15H19N3O2. The molecule has 106 valence electrons. The third-order valence-corrected chi connectivity index (χ3v) is 3.19. The lowest BCUT2D eigenvalue weighted by Gasteiger charge is -2.14. The van der Waals surface area contributed by atoms with Gasteiger partial charge in [-0.1, -0.05) is 19.1 Å². The van der Waals surface area contributed by atoms with Crippen molar-refractivity contribution in [2.45, 2.75) is 25.9 Å². The normalized spacial score (nSPS) is 12.1. The summed E-state index contributed by atoms with van der Waals surface area (Å²) in [5.41, 5.74) is 1.71. The highest BCUT2D eigenvalue weighted by Crippen LogP contribution is 2.07. The third-order valence-electron chi connectivity index (χ3n) is 3.19. The van der Waals surface area contributed by atoms with Crippen LogP contribution in [0.15, 0.2) is 43.0 Å². The number of nitrogens with zero attached hydrogens (tertiary/aromatic N) is 2. The van der Waals surface area contributed by atoms with E-state index in [4.69, 9.17) is 5.11 Å². The monoisotopic (exact) mass is 273 g/mol. The Kier molecular flexibility index (Phi) is 4.90. The second-order valence-electron chi connectivity index (χ2n) is 4.69. The fourth-order valence-corrected chi connectivity index (χ4v) is 1.90. The highest BCUT2D eigenvalue weighted by Gasteiger charge is 2.10. The van der Waals surface area contributed by atoms with Crippen LogP contribution in [0, 0.1) is 0 Å². The number of carbonyl (C=O) groups is 1. The molecule has 20 heavy (non-hydrogen) atoms. The summed E-state index contributed by atoms with van der Waals surface area (Å²) in [6, 6.07) is 7.26. The Morgan fingerprint density at radius 2 is 2.15 bits per heavy atom. The smallest absolute Gasteiger partial charge is 0.251 e. The minimum Gasteiger partial charge on any atom is -0.394 e. The average molecular weight is 273 g/mol. The largest absolute Gasteiger partial charge is 0.394 e. The Morgan fingerprint density at radius 3 is 2.70 bits per heavy atom. The van der Waals surface area contributed by atoms with Crippen molar-refractivity contribution >= 4 is 5.91 Å². The predicted molar refractivity (Wildman–Crippen MR) is 76.4 cm³/mol. The van der Waals surface area contributed by atoms with E-state index in [-0.39, 0.29) is 18.6 Å². The quantitative estimate of drug-likeness (QED) is 0.836. The number of aliphatic hydroxyl groups excluding tert-OH is 1. The Hall–Kier alpha value is -2.14. The number of imidazole rings is 1. The molecule has 1 aromatic heterocycles. The molecule has 5 nitrogen and oxygen atoms in total. The van der Waals surface area contributed by atoms with E-state index in [9.17, 15) is 4.79 Å². The van der Waals surface area contributed by atoms with Gasteiger partial charge in [-0.25, -0.2) is 4.98 Å². The molecule has 1 aromatic carbocycles. The van der Waals surface area contributed by atoms with Crippen molar-refractivity contribution in [1.82, 2.24) is 14.9 Å². The van der Waals surface area contributed by atoms with Gasteiger partial charge < -0.3 is 15.0 Å². The van der Waals surface area contributed by atoms with E-state index in [2.05, 4.69) is 10.3 Å². The molecule has 0 aliphatic carbocycles. The predicted octanol–water partition coefficient (Wildman–Crippen LogP) is 1.43. The van der Waals surface area contributed by atoms with E-state index in [1.54, 1.807) is 24.7 Å². The number of carbonyl (C=O) groups excluding carboxylic acids is 1. The van der Waals surface area contributed by atoms with Gasteiger partial charge in [0.25, 0.3) is 5.91 Å². The maximum absolute atomic E-state index is 12.0. The molecule has 5 heteroatoms. The zero-order chi connectivity index (χ0) is 14.4. The Bertz CT molecular complexity index is 531. The molecule has 0 saturated heterocycles. The van der Waals surface area contributed by atoms with Gasteiger partial charge in [-0.3, -0.25) is 4.79 Å². The molecular weight excluding hydrogens is 254 g/mol. The number of hydrogen-bond acceptors (Lipinski definition) is 3. The lowest BCUT2D eigenvalue weighted by molar-refractivity contribution is 0.0915. The molecule has 0 fully saturated rings. The van der Waals surface area contributed by atoms with Gasteiger partial charge in [0.05, 0.1) is 19.0 Å². The standard InChI is InChI=1S/C15H19N3O2/c1-2-14(10-19)17-15(20)13-5-3-12(4-6-13)9-18-8-7-16-11-18/h3-8,11,14,19H,2,9-10H2,1H3,(H,17,20). The molecule has 0 saturated carbocycles. The van der Waals surface area contributed by atoms with Gasteiger partial charge in [-0.15, -0.1) is 0 Å². The lowest BCUT2D eigenvalue weighted by Crippen LogP contribution is -2.36. The molecule has 1 atom stereocenters. The van der Waals surface area contributed by atoms with Crippen LogP contribution in [-0.4, -0.2) is 33.2 Å². The molecule has 1 amide bonds. The van der Waals surface area contributed by atoms with Crippen LogP contribution in [0.3, 0.4) is 0 Å². The van der Waals surface area contributed by atoms with Gasteiger partial charge >= 0.3 is 0 Å². The van der Waals surface area contributed by atoms with Gasteiger partial charge in [0.2, 0.25) is 0 Å². The van der Waals surface area contributed by atoms with E-state index in [1.165, 1.54) is 0 Å². The first-order chi connectivity index (χ1) is 9.72. The lowest BCUT2D eigenvalue weighted by atomic mass is 10.1. The van der Waals surface area contributed by atoms with Crippen molar-refractivity contribution in [3.63, 3.8) is 0 Å². The minimum atomic E-state index is -0.187. The summed E-state index contributed by atoms with van der Waals surface area (Å²) in [7, 11) is 0. The number of benzene rings is 1. The molecule has 2 aromatic rings. The Morgan fingerprint density at radius 1 is 1.40 bits per heavy atom. The highest BCUT2D eigenvalue weighted by atomic mass is 16.3. The van der Waals surface area contributed by atoms with Crippen LogP contribution in [-0.2, 0) is 6.54 Å². The van der Waals surface area contributed by atoms with Gasteiger partial charge in [-0.05, 0) is 24.1 Å². The Balaban J connectivity index is 1.98. The van der Waals surface area contributed by atoms with Crippen LogP contribution in [0.5, 0.6) is 0 Å². The van der Waals surface area contributed by atoms with E-state index in [1.807, 2.05) is 29.8 Å². The van der Waals surface area contributed by atoms with Crippen molar-refractivity contribution < 1.29 is 9.90 Å². The molecule has 2 rings (SSSR count). The maximum atomic E-state index is 12.0. The first kappa shape index (κ1) is 14.3. The maximum Gasteiger partial charge on any atom is 0.251 e. The second-order valence-corrected chi connectivity index (χ2v) is 4.69. The molecule has 0 bridgehead atoms. The number of rotatable bonds is 6. The summed E-state index contributed by atoms with van der Waals surface area (Å²) in [5, 5.41) is 11.9. The second kappa shape index (κ2) is 6.86. The number of amides is 1. The van der Waals surface area contributed by atoms with Crippen LogP contribution in [0.1, 0.15) is 29.3 Å². The van der Waals surface area contributed by atoms with E-state index >= 15 is 0 Å². The molecule has 1 unspecified atom stereocenters. The zero-order valence-electron chi connectivity index (χ0n) is 11.5. The fraction of sp³-hybridized carbons (Fsp3) is 0.333. The summed E-state index contributed by atoms with van der Waals surface area (Å²) >= 11 is 0. The number of hydrogen-bond donors (Lipinski definition) is 2. The van der Waals surface area contributed by atoms with Gasteiger partial charge in [0, 0.05) is 24.5 Å². The topological polar surface area (TPSA) is 67.2 Å². The van der Waals surface area contributed by atoms with Gasteiger partial charge in [0.1, 0.15) is 0 Å². The molecule has 0 radical (unpaired) electrons. The van der Waals surface area contributed by atoms with Crippen LogP contribution in [0.4, 0.5) is 0 Å². The first-order valence-electron chi connectivity index (χ1n) is 6.69. The Labute approximate surface area is 118 Å². The van der Waals surface area contributed by atoms with E-state index in [0.717, 1.165) is 12.1 Å². The minimum absolute atomic E-state index is 0.0407. The summed E-state index contributed by atoms with van der Waals surface area (Å²) < 4.78 is 1.97. The summed E-state index contributed by atoms with van der Waals surface area (Å²) in [6.45, 7) is 2.62. The van der Waals surface area contributed by atoms with Gasteiger partial charge in [-0.2, -0.15) is 0 Å². The van der Waals surface area contributed by atoms with Crippen molar-refractivity contribution in [2.24, 2.45) is 0 Å². The third kappa shape index (κ3) is 3.68. The molecule has 0 aliphatic rings. The molecule has 2 N–H and O–H groups in total. The van der Waals surface area contributed by atoms with E-state index in [0.29, 0.717) is 12.0 Å². The van der Waals surface area contributed by atoms with Crippen molar-refractivity contribution in [3.8, 4) is 0 Å². The van der Waals surface area contributed by atoms with Crippen molar-refractivity contribution in [1.29, 1.82) is 0 Å². The number of aliphatic hydroxyl groups is 1. The fourth-order valence-electron chi connectivity index (χ4n) is 1.90. The molecule has 0 spiro atoms. The SMILES string of the molecule is CCC(CO)NC(=O)c1ccc(Cn2ccnc2)cc1. The molecule has 0 aliphatic heterocycles. The zero-order valence-corrected chi connectivity index (χ0v) is 11.5. The first-order valence-corrected chi connectivity index (χ1v) is 6.69. The van der Waals surface area contributed by atoms with Gasteiger partial charge in [0.15, 0.2) is 0 Å². The van der Waals surface area contributed by atoms with Crippen molar-refractivity contribution in [2.75, 3.05) is 6.61 Å². The summed E-state index contributed by atoms with van der Waals surface area (Å²) in [5.74, 6) is -0.153. The number of nitrogens with one attached hydrogen (secondary N) is 1. The van der Waals surface area contributed by atoms with Crippen LogP contribution >= 0.6 is 0 Å². The average Bonchev–Trinajstić information content (AvgIpc) is 2.98. The highest BCUT2D eigenvalue weighted by molar-refractivity contribution is 5.94. The summed E-state index contributed by atoms with van der Waals surface area (Å²) in [6.07, 6.45) is 6.10. The van der Waals surface area contributed by atoms with Crippen LogP contribution < -0.4 is 5.32 Å². The summed E-state index contributed by atoms with van der Waals surface area (Å²) in [4.78, 5) is 16.0. The van der Waals surface area contributed by atoms with Crippen LogP contribution in [0.25, 0.3) is 0 Å².